The van der Waals surface area contributed by atoms with Gasteiger partial charge >= 0.3 is 0 Å². The molecule has 1 aromatic rings. The highest BCUT2D eigenvalue weighted by Crippen LogP contribution is 2.39. The summed E-state index contributed by atoms with van der Waals surface area (Å²) < 4.78 is 11.6. The summed E-state index contributed by atoms with van der Waals surface area (Å²) in [6, 6.07) is 9.17. The SMILES string of the molecule is COCCOCCNC1CC(c2ccccc2Br)C1. The van der Waals surface area contributed by atoms with E-state index in [1.165, 1.54) is 22.9 Å². The van der Waals surface area contributed by atoms with E-state index in [2.05, 4.69) is 45.5 Å². The highest BCUT2D eigenvalue weighted by molar-refractivity contribution is 9.10. The van der Waals surface area contributed by atoms with Crippen LogP contribution in [-0.4, -0.2) is 39.5 Å². The Morgan fingerprint density at radius 2 is 2.00 bits per heavy atom. The van der Waals surface area contributed by atoms with E-state index in [0.29, 0.717) is 25.2 Å². The molecule has 0 aromatic heterocycles. The molecule has 0 heterocycles. The van der Waals surface area contributed by atoms with Gasteiger partial charge in [-0.1, -0.05) is 34.1 Å². The van der Waals surface area contributed by atoms with Crippen molar-refractivity contribution in [3.63, 3.8) is 0 Å². The molecule has 0 bridgehead atoms. The lowest BCUT2D eigenvalue weighted by Gasteiger charge is -2.37. The lowest BCUT2D eigenvalue weighted by Crippen LogP contribution is -2.41. The molecule has 4 heteroatoms. The van der Waals surface area contributed by atoms with Gasteiger partial charge in [-0.05, 0) is 30.4 Å². The number of halogens is 1. The minimum absolute atomic E-state index is 0.642. The molecule has 1 N–H and O–H groups in total. The van der Waals surface area contributed by atoms with Gasteiger partial charge in [0.25, 0.3) is 0 Å². The fourth-order valence-electron chi connectivity index (χ4n) is 2.42. The molecule has 0 amide bonds. The lowest BCUT2D eigenvalue weighted by molar-refractivity contribution is 0.0694. The van der Waals surface area contributed by atoms with Crippen molar-refractivity contribution < 1.29 is 9.47 Å². The van der Waals surface area contributed by atoms with Crippen molar-refractivity contribution in [1.82, 2.24) is 5.32 Å². The molecule has 19 heavy (non-hydrogen) atoms. The number of ether oxygens (including phenoxy) is 2. The zero-order valence-electron chi connectivity index (χ0n) is 11.4. The van der Waals surface area contributed by atoms with Crippen molar-refractivity contribution in [2.75, 3.05) is 33.5 Å². The van der Waals surface area contributed by atoms with E-state index in [-0.39, 0.29) is 0 Å². The third-order valence-electron chi connectivity index (χ3n) is 3.59. The number of rotatable bonds is 8. The Balaban J connectivity index is 1.58. The third-order valence-corrected chi connectivity index (χ3v) is 4.32. The molecular weight excluding hydrogens is 306 g/mol. The van der Waals surface area contributed by atoms with Crippen LogP contribution in [-0.2, 0) is 9.47 Å². The summed E-state index contributed by atoms with van der Waals surface area (Å²) in [6.07, 6.45) is 2.45. The van der Waals surface area contributed by atoms with Crippen molar-refractivity contribution in [3.8, 4) is 0 Å². The molecule has 3 nitrogen and oxygen atoms in total. The maximum atomic E-state index is 5.43. The van der Waals surface area contributed by atoms with Crippen LogP contribution in [0.25, 0.3) is 0 Å². The fraction of sp³-hybridized carbons (Fsp3) is 0.600. The van der Waals surface area contributed by atoms with Crippen molar-refractivity contribution in [2.24, 2.45) is 0 Å². The van der Waals surface area contributed by atoms with Crippen LogP contribution in [0, 0.1) is 0 Å². The van der Waals surface area contributed by atoms with Crippen molar-refractivity contribution in [1.29, 1.82) is 0 Å². The maximum absolute atomic E-state index is 5.43. The van der Waals surface area contributed by atoms with E-state index in [1.807, 2.05) is 0 Å². The van der Waals surface area contributed by atoms with E-state index in [4.69, 9.17) is 9.47 Å². The second-order valence-corrected chi connectivity index (χ2v) is 5.80. The molecule has 106 valence electrons. The first-order valence-corrected chi connectivity index (χ1v) is 7.65. The van der Waals surface area contributed by atoms with Crippen LogP contribution in [0.2, 0.25) is 0 Å². The Bertz CT molecular complexity index is 380. The smallest absolute Gasteiger partial charge is 0.0700 e. The average molecular weight is 328 g/mol. The highest BCUT2D eigenvalue weighted by Gasteiger charge is 2.30. The second kappa shape index (κ2) is 8.00. The van der Waals surface area contributed by atoms with Gasteiger partial charge in [0.15, 0.2) is 0 Å². The largest absolute Gasteiger partial charge is 0.382 e. The van der Waals surface area contributed by atoms with Crippen LogP contribution in [0.1, 0.15) is 24.3 Å². The van der Waals surface area contributed by atoms with Crippen molar-refractivity contribution >= 4 is 15.9 Å². The van der Waals surface area contributed by atoms with Crippen LogP contribution in [0.4, 0.5) is 0 Å². The van der Waals surface area contributed by atoms with Gasteiger partial charge in [-0.2, -0.15) is 0 Å². The molecule has 1 aliphatic rings. The van der Waals surface area contributed by atoms with Crippen LogP contribution < -0.4 is 5.32 Å². The average Bonchev–Trinajstić information content (AvgIpc) is 2.37. The number of methoxy groups -OCH3 is 1. The molecular formula is C15H22BrNO2. The summed E-state index contributed by atoms with van der Waals surface area (Å²) >= 11 is 3.63. The van der Waals surface area contributed by atoms with Gasteiger partial charge in [-0.25, -0.2) is 0 Å². The van der Waals surface area contributed by atoms with E-state index < -0.39 is 0 Å². The fourth-order valence-corrected chi connectivity index (χ4v) is 3.03. The highest BCUT2D eigenvalue weighted by atomic mass is 79.9. The van der Waals surface area contributed by atoms with Gasteiger partial charge in [0.1, 0.15) is 0 Å². The Labute approximate surface area is 123 Å². The predicted molar refractivity (Wildman–Crippen MR) is 80.6 cm³/mol. The molecule has 0 aliphatic heterocycles. The van der Waals surface area contributed by atoms with Gasteiger partial charge in [0.2, 0.25) is 0 Å². The van der Waals surface area contributed by atoms with Crippen LogP contribution in [0.15, 0.2) is 28.7 Å². The summed E-state index contributed by atoms with van der Waals surface area (Å²) in [5, 5.41) is 3.53. The first-order chi connectivity index (χ1) is 9.31. The quantitative estimate of drug-likeness (QED) is 0.745. The molecule has 0 radical (unpaired) electrons. The van der Waals surface area contributed by atoms with E-state index in [9.17, 15) is 0 Å². The third kappa shape index (κ3) is 4.56. The Hall–Kier alpha value is -0.420. The van der Waals surface area contributed by atoms with Crippen LogP contribution >= 0.6 is 15.9 Å². The first kappa shape index (κ1) is 15.0. The molecule has 1 aromatic carbocycles. The molecule has 0 spiro atoms. The second-order valence-electron chi connectivity index (χ2n) is 4.95. The monoisotopic (exact) mass is 327 g/mol. The summed E-state index contributed by atoms with van der Waals surface area (Å²) in [4.78, 5) is 0. The number of nitrogens with one attached hydrogen (secondary N) is 1. The van der Waals surface area contributed by atoms with E-state index >= 15 is 0 Å². The summed E-state index contributed by atoms with van der Waals surface area (Å²) in [5.41, 5.74) is 1.44. The minimum atomic E-state index is 0.642. The normalized spacial score (nSPS) is 22.2. The number of benzene rings is 1. The minimum Gasteiger partial charge on any atom is -0.382 e. The Morgan fingerprint density at radius 1 is 1.21 bits per heavy atom. The lowest BCUT2D eigenvalue weighted by atomic mass is 9.76. The molecule has 0 atom stereocenters. The molecule has 0 saturated heterocycles. The van der Waals surface area contributed by atoms with Gasteiger partial charge in [-0.15, -0.1) is 0 Å². The molecule has 0 unspecified atom stereocenters. The van der Waals surface area contributed by atoms with Crippen LogP contribution in [0.3, 0.4) is 0 Å². The van der Waals surface area contributed by atoms with Crippen molar-refractivity contribution in [3.05, 3.63) is 34.3 Å². The van der Waals surface area contributed by atoms with Gasteiger partial charge < -0.3 is 14.8 Å². The maximum Gasteiger partial charge on any atom is 0.0700 e. The van der Waals surface area contributed by atoms with Crippen molar-refractivity contribution in [2.45, 2.75) is 24.8 Å². The summed E-state index contributed by atoms with van der Waals surface area (Å²) in [7, 11) is 1.69. The molecule has 1 fully saturated rings. The molecule has 1 saturated carbocycles. The van der Waals surface area contributed by atoms with Gasteiger partial charge in [0, 0.05) is 24.2 Å². The Morgan fingerprint density at radius 3 is 2.74 bits per heavy atom. The topological polar surface area (TPSA) is 30.5 Å². The zero-order chi connectivity index (χ0) is 13.5. The molecule has 1 aliphatic carbocycles. The van der Waals surface area contributed by atoms with Gasteiger partial charge in [0.05, 0.1) is 19.8 Å². The standard InChI is InChI=1S/C15H22BrNO2/c1-18-8-9-19-7-6-17-13-10-12(11-13)14-4-2-3-5-15(14)16/h2-5,12-13,17H,6-11H2,1H3. The predicted octanol–water partition coefficient (Wildman–Crippen LogP) is 2.95. The zero-order valence-corrected chi connectivity index (χ0v) is 13.0. The van der Waals surface area contributed by atoms with E-state index in [1.54, 1.807) is 7.11 Å². The van der Waals surface area contributed by atoms with E-state index in [0.717, 1.165) is 13.2 Å². The first-order valence-electron chi connectivity index (χ1n) is 6.85. The summed E-state index contributed by atoms with van der Waals surface area (Å²) in [6.45, 7) is 3.05. The van der Waals surface area contributed by atoms with Gasteiger partial charge in [-0.3, -0.25) is 0 Å². The Kier molecular flexibility index (Phi) is 6.31. The summed E-state index contributed by atoms with van der Waals surface area (Å²) in [5.74, 6) is 0.697. The number of hydrogen-bond donors (Lipinski definition) is 1. The number of hydrogen-bond acceptors (Lipinski definition) is 3. The molecule has 2 rings (SSSR count). The van der Waals surface area contributed by atoms with Crippen LogP contribution in [0.5, 0.6) is 0 Å².